The van der Waals surface area contributed by atoms with E-state index in [1.165, 1.54) is 0 Å². The Morgan fingerprint density at radius 1 is 1.26 bits per heavy atom. The zero-order valence-corrected chi connectivity index (χ0v) is 15.3. The summed E-state index contributed by atoms with van der Waals surface area (Å²) in [6, 6.07) is 15.8. The first-order chi connectivity index (χ1) is 13.1. The number of pyridine rings is 1. The lowest BCUT2D eigenvalue weighted by Gasteiger charge is -2.36. The zero-order chi connectivity index (χ0) is 19.0. The molecule has 4 rings (SSSR count). The van der Waals surface area contributed by atoms with Crippen LogP contribution in [-0.2, 0) is 11.3 Å². The molecule has 0 aliphatic carbocycles. The van der Waals surface area contributed by atoms with Crippen LogP contribution >= 0.6 is 0 Å². The van der Waals surface area contributed by atoms with Gasteiger partial charge in [0.05, 0.1) is 23.3 Å². The monoisotopic (exact) mass is 360 g/mol. The summed E-state index contributed by atoms with van der Waals surface area (Å²) in [6.45, 7) is 0.966. The first-order valence-corrected chi connectivity index (χ1v) is 8.79. The van der Waals surface area contributed by atoms with Crippen molar-refractivity contribution >= 4 is 17.1 Å². The Hall–Kier alpha value is -3.46. The number of hydrogen-bond acceptors (Lipinski definition) is 4. The summed E-state index contributed by atoms with van der Waals surface area (Å²) >= 11 is 0. The molecule has 2 aromatic heterocycles. The molecule has 1 aromatic carbocycles. The SMILES string of the molecule is CN(C)C(=O)[C@H]1CN(Cc2cn3ccccc3c2C#N)c2ccccc2O1. The van der Waals surface area contributed by atoms with Crippen molar-refractivity contribution in [2.24, 2.45) is 0 Å². The molecular formula is C21H20N4O2. The Balaban J connectivity index is 1.72. The first-order valence-electron chi connectivity index (χ1n) is 8.79. The first kappa shape index (κ1) is 17.0. The number of amides is 1. The molecule has 0 bridgehead atoms. The Morgan fingerprint density at radius 2 is 2.04 bits per heavy atom. The molecule has 0 unspecified atom stereocenters. The number of anilines is 1. The number of rotatable bonds is 3. The highest BCUT2D eigenvalue weighted by molar-refractivity contribution is 5.83. The Morgan fingerprint density at radius 3 is 2.81 bits per heavy atom. The van der Waals surface area contributed by atoms with E-state index in [0.29, 0.717) is 24.4 Å². The second-order valence-corrected chi connectivity index (χ2v) is 6.82. The van der Waals surface area contributed by atoms with Gasteiger partial charge in [0.15, 0.2) is 6.10 Å². The van der Waals surface area contributed by atoms with E-state index >= 15 is 0 Å². The maximum absolute atomic E-state index is 12.5. The lowest BCUT2D eigenvalue weighted by molar-refractivity contribution is -0.136. The van der Waals surface area contributed by atoms with Gasteiger partial charge >= 0.3 is 0 Å². The van der Waals surface area contributed by atoms with E-state index in [2.05, 4.69) is 11.0 Å². The van der Waals surface area contributed by atoms with Gasteiger partial charge < -0.3 is 18.9 Å². The van der Waals surface area contributed by atoms with Gasteiger partial charge in [-0.1, -0.05) is 18.2 Å². The summed E-state index contributed by atoms with van der Waals surface area (Å²) in [7, 11) is 3.45. The maximum atomic E-state index is 12.5. The molecular weight excluding hydrogens is 340 g/mol. The van der Waals surface area contributed by atoms with Crippen molar-refractivity contribution in [1.29, 1.82) is 5.26 Å². The van der Waals surface area contributed by atoms with Crippen molar-refractivity contribution in [1.82, 2.24) is 9.30 Å². The molecule has 6 heteroatoms. The Labute approximate surface area is 157 Å². The van der Waals surface area contributed by atoms with Crippen LogP contribution in [0.3, 0.4) is 0 Å². The van der Waals surface area contributed by atoms with E-state index in [0.717, 1.165) is 16.8 Å². The number of carbonyl (C=O) groups excluding carboxylic acids is 1. The highest BCUT2D eigenvalue weighted by Gasteiger charge is 2.32. The lowest BCUT2D eigenvalue weighted by Crippen LogP contribution is -2.48. The highest BCUT2D eigenvalue weighted by Crippen LogP contribution is 2.35. The van der Waals surface area contributed by atoms with Crippen LogP contribution in [0.5, 0.6) is 5.75 Å². The van der Waals surface area contributed by atoms with Gasteiger partial charge in [0.2, 0.25) is 0 Å². The number of para-hydroxylation sites is 2. The molecule has 27 heavy (non-hydrogen) atoms. The third-order valence-electron chi connectivity index (χ3n) is 4.81. The van der Waals surface area contributed by atoms with Gasteiger partial charge in [-0.25, -0.2) is 0 Å². The minimum Gasteiger partial charge on any atom is -0.477 e. The van der Waals surface area contributed by atoms with Gasteiger partial charge in [-0.2, -0.15) is 5.26 Å². The van der Waals surface area contributed by atoms with E-state index in [-0.39, 0.29) is 5.91 Å². The van der Waals surface area contributed by atoms with E-state index in [9.17, 15) is 10.1 Å². The van der Waals surface area contributed by atoms with Crippen LogP contribution in [0.4, 0.5) is 5.69 Å². The van der Waals surface area contributed by atoms with Crippen molar-refractivity contribution in [3.05, 3.63) is 66.0 Å². The molecule has 0 saturated heterocycles. The molecule has 0 saturated carbocycles. The third kappa shape index (κ3) is 2.97. The van der Waals surface area contributed by atoms with E-state index < -0.39 is 6.10 Å². The second-order valence-electron chi connectivity index (χ2n) is 6.82. The van der Waals surface area contributed by atoms with Crippen LogP contribution in [0.1, 0.15) is 11.1 Å². The average Bonchev–Trinajstić information content (AvgIpc) is 3.04. The molecule has 0 radical (unpaired) electrons. The fourth-order valence-electron chi connectivity index (χ4n) is 3.51. The maximum Gasteiger partial charge on any atom is 0.265 e. The normalized spacial score (nSPS) is 15.7. The summed E-state index contributed by atoms with van der Waals surface area (Å²) in [5.74, 6) is 0.614. The van der Waals surface area contributed by atoms with E-state index in [1.54, 1.807) is 19.0 Å². The van der Waals surface area contributed by atoms with Crippen molar-refractivity contribution in [3.8, 4) is 11.8 Å². The van der Waals surface area contributed by atoms with Crippen LogP contribution in [-0.4, -0.2) is 42.0 Å². The lowest BCUT2D eigenvalue weighted by atomic mass is 10.1. The Bertz CT molecular complexity index is 1050. The number of fused-ring (bicyclic) bond motifs is 2. The third-order valence-corrected chi connectivity index (χ3v) is 4.81. The van der Waals surface area contributed by atoms with Crippen molar-refractivity contribution in [2.45, 2.75) is 12.6 Å². The molecule has 0 fully saturated rings. The highest BCUT2D eigenvalue weighted by atomic mass is 16.5. The zero-order valence-electron chi connectivity index (χ0n) is 15.3. The second kappa shape index (κ2) is 6.69. The van der Waals surface area contributed by atoms with Crippen molar-refractivity contribution < 1.29 is 9.53 Å². The average molecular weight is 360 g/mol. The molecule has 0 spiro atoms. The van der Waals surface area contributed by atoms with Gasteiger partial charge in [0.1, 0.15) is 11.8 Å². The minimum absolute atomic E-state index is 0.0722. The molecule has 136 valence electrons. The molecule has 0 N–H and O–H groups in total. The predicted octanol–water partition coefficient (Wildman–Crippen LogP) is 2.67. The molecule has 3 aromatic rings. The number of nitriles is 1. The van der Waals surface area contributed by atoms with Crippen molar-refractivity contribution in [2.75, 3.05) is 25.5 Å². The van der Waals surface area contributed by atoms with Gasteiger partial charge in [0, 0.05) is 38.6 Å². The number of benzene rings is 1. The summed E-state index contributed by atoms with van der Waals surface area (Å²) in [5, 5.41) is 9.68. The van der Waals surface area contributed by atoms with Gasteiger partial charge in [0.25, 0.3) is 5.91 Å². The van der Waals surface area contributed by atoms with Gasteiger partial charge in [-0.3, -0.25) is 4.79 Å². The number of nitrogens with zero attached hydrogens (tertiary/aromatic N) is 4. The summed E-state index contributed by atoms with van der Waals surface area (Å²) < 4.78 is 7.90. The largest absolute Gasteiger partial charge is 0.477 e. The van der Waals surface area contributed by atoms with Crippen LogP contribution in [0.25, 0.3) is 5.52 Å². The van der Waals surface area contributed by atoms with Gasteiger partial charge in [-0.15, -0.1) is 0 Å². The number of likely N-dealkylation sites (N-methyl/N-ethyl adjacent to an activating group) is 1. The number of aromatic nitrogens is 1. The standard InChI is InChI=1S/C21H20N4O2/c1-23(2)21(26)20-14-25(18-8-3-4-9-19(18)27-20)13-15-12-24-10-6-5-7-17(24)16(15)11-22/h3-10,12,20H,13-14H2,1-2H3/t20-/m1/s1. The molecule has 1 aliphatic rings. The molecule has 1 aliphatic heterocycles. The fourth-order valence-corrected chi connectivity index (χ4v) is 3.51. The van der Waals surface area contributed by atoms with Crippen LogP contribution in [0.15, 0.2) is 54.9 Å². The van der Waals surface area contributed by atoms with Crippen LogP contribution in [0, 0.1) is 11.3 Å². The number of carbonyl (C=O) groups is 1. The van der Waals surface area contributed by atoms with Crippen LogP contribution in [0.2, 0.25) is 0 Å². The molecule has 3 heterocycles. The van der Waals surface area contributed by atoms with Crippen molar-refractivity contribution in [3.63, 3.8) is 0 Å². The van der Waals surface area contributed by atoms with Crippen LogP contribution < -0.4 is 9.64 Å². The smallest absolute Gasteiger partial charge is 0.265 e. The summed E-state index contributed by atoms with van der Waals surface area (Å²) in [4.78, 5) is 16.1. The summed E-state index contributed by atoms with van der Waals surface area (Å²) in [6.07, 6.45) is 3.34. The molecule has 6 nitrogen and oxygen atoms in total. The summed E-state index contributed by atoms with van der Waals surface area (Å²) in [5.41, 5.74) is 3.41. The quantitative estimate of drug-likeness (QED) is 0.720. The fraction of sp³-hybridized carbons (Fsp3) is 0.238. The van der Waals surface area contributed by atoms with E-state index in [4.69, 9.17) is 4.74 Å². The molecule has 1 amide bonds. The van der Waals surface area contributed by atoms with Gasteiger partial charge in [-0.05, 0) is 24.3 Å². The number of hydrogen-bond donors (Lipinski definition) is 0. The minimum atomic E-state index is -0.572. The van der Waals surface area contributed by atoms with E-state index in [1.807, 2.05) is 59.3 Å². The molecule has 1 atom stereocenters. The Kier molecular flexibility index (Phi) is 4.21. The number of ether oxygens (including phenoxy) is 1. The topological polar surface area (TPSA) is 61.0 Å². The predicted molar refractivity (Wildman–Crippen MR) is 103 cm³/mol.